The molecule has 3 aromatic rings. The SMILES string of the molecule is COc1ccc(NC(=O)Cn2c(N3CCc4ccccc4C3)nc(C)cc2=O)c(OC)c1. The first-order valence-electron chi connectivity index (χ1n) is 10.4. The van der Waals surface area contributed by atoms with Crippen LogP contribution in [0.25, 0.3) is 0 Å². The van der Waals surface area contributed by atoms with Gasteiger partial charge in [-0.15, -0.1) is 0 Å². The lowest BCUT2D eigenvalue weighted by Crippen LogP contribution is -2.38. The Bertz CT molecular complexity index is 1200. The normalized spacial score (nSPS) is 12.8. The van der Waals surface area contributed by atoms with Gasteiger partial charge in [0.15, 0.2) is 0 Å². The summed E-state index contributed by atoms with van der Waals surface area (Å²) in [4.78, 5) is 32.4. The van der Waals surface area contributed by atoms with E-state index in [-0.39, 0.29) is 18.0 Å². The molecule has 2 aromatic carbocycles. The number of nitrogens with zero attached hydrogens (tertiary/aromatic N) is 3. The summed E-state index contributed by atoms with van der Waals surface area (Å²) in [5.41, 5.74) is 3.36. The predicted molar refractivity (Wildman–Crippen MR) is 123 cm³/mol. The Kier molecular flexibility index (Phi) is 6.11. The molecule has 8 heteroatoms. The fourth-order valence-electron chi connectivity index (χ4n) is 3.90. The summed E-state index contributed by atoms with van der Waals surface area (Å²) < 4.78 is 12.0. The number of carbonyl (C=O) groups is 1. The van der Waals surface area contributed by atoms with Gasteiger partial charge in [0.1, 0.15) is 18.0 Å². The Balaban J connectivity index is 1.59. The number of rotatable bonds is 6. The van der Waals surface area contributed by atoms with E-state index in [1.54, 1.807) is 32.2 Å². The van der Waals surface area contributed by atoms with Gasteiger partial charge >= 0.3 is 0 Å². The van der Waals surface area contributed by atoms with Crippen molar-refractivity contribution in [1.29, 1.82) is 0 Å². The second kappa shape index (κ2) is 9.13. The Morgan fingerprint density at radius 1 is 1.09 bits per heavy atom. The number of aromatic nitrogens is 2. The molecule has 1 aliphatic heterocycles. The molecule has 1 aromatic heterocycles. The third-order valence-electron chi connectivity index (χ3n) is 5.51. The molecule has 0 radical (unpaired) electrons. The van der Waals surface area contributed by atoms with Gasteiger partial charge in [0.05, 0.1) is 19.9 Å². The monoisotopic (exact) mass is 434 g/mol. The molecule has 0 unspecified atom stereocenters. The lowest BCUT2D eigenvalue weighted by molar-refractivity contribution is -0.116. The highest BCUT2D eigenvalue weighted by Crippen LogP contribution is 2.29. The van der Waals surface area contributed by atoms with Crippen molar-refractivity contribution in [2.45, 2.75) is 26.4 Å². The second-order valence-electron chi connectivity index (χ2n) is 7.68. The van der Waals surface area contributed by atoms with Gasteiger partial charge in [0, 0.05) is 30.9 Å². The number of ether oxygens (including phenoxy) is 2. The predicted octanol–water partition coefficient (Wildman–Crippen LogP) is 2.77. The summed E-state index contributed by atoms with van der Waals surface area (Å²) in [5.74, 6) is 1.24. The van der Waals surface area contributed by atoms with Crippen LogP contribution in [0.1, 0.15) is 16.8 Å². The van der Waals surface area contributed by atoms with Crippen molar-refractivity contribution in [1.82, 2.24) is 9.55 Å². The van der Waals surface area contributed by atoms with Gasteiger partial charge in [0.25, 0.3) is 5.56 Å². The summed E-state index contributed by atoms with van der Waals surface area (Å²) in [7, 11) is 3.08. The summed E-state index contributed by atoms with van der Waals surface area (Å²) in [6.07, 6.45) is 0.856. The summed E-state index contributed by atoms with van der Waals surface area (Å²) >= 11 is 0. The van der Waals surface area contributed by atoms with E-state index < -0.39 is 0 Å². The van der Waals surface area contributed by atoms with E-state index in [2.05, 4.69) is 27.3 Å². The highest BCUT2D eigenvalue weighted by molar-refractivity contribution is 5.92. The molecule has 4 rings (SSSR count). The van der Waals surface area contributed by atoms with E-state index in [0.717, 1.165) is 13.0 Å². The standard InChI is InChI=1S/C24H26N4O4/c1-16-12-23(30)28(15-22(29)26-20-9-8-19(31-2)13-21(20)32-3)24(25-16)27-11-10-17-6-4-5-7-18(17)14-27/h4-9,12-13H,10-11,14-15H2,1-3H3,(H,26,29). The molecule has 1 amide bonds. The first-order chi connectivity index (χ1) is 15.5. The molecule has 0 saturated heterocycles. The van der Waals surface area contributed by atoms with Crippen molar-refractivity contribution in [2.75, 3.05) is 31.0 Å². The summed E-state index contributed by atoms with van der Waals surface area (Å²) in [6.45, 7) is 2.99. The van der Waals surface area contributed by atoms with E-state index >= 15 is 0 Å². The topological polar surface area (TPSA) is 85.7 Å². The molecular weight excluding hydrogens is 408 g/mol. The first kappa shape index (κ1) is 21.4. The van der Waals surface area contributed by atoms with Crippen LogP contribution in [0.3, 0.4) is 0 Å². The number of fused-ring (bicyclic) bond motifs is 1. The molecular formula is C24H26N4O4. The number of aryl methyl sites for hydroxylation is 1. The van der Waals surface area contributed by atoms with Crippen LogP contribution < -0.4 is 25.2 Å². The number of amides is 1. The van der Waals surface area contributed by atoms with Crippen molar-refractivity contribution in [2.24, 2.45) is 0 Å². The molecule has 166 valence electrons. The zero-order valence-corrected chi connectivity index (χ0v) is 18.4. The van der Waals surface area contributed by atoms with Crippen LogP contribution in [0.5, 0.6) is 11.5 Å². The number of hydrogen-bond donors (Lipinski definition) is 1. The van der Waals surface area contributed by atoms with E-state index in [0.29, 0.717) is 35.4 Å². The van der Waals surface area contributed by atoms with E-state index in [1.807, 2.05) is 12.1 Å². The van der Waals surface area contributed by atoms with Crippen LogP contribution in [-0.4, -0.2) is 36.2 Å². The van der Waals surface area contributed by atoms with Crippen LogP contribution >= 0.6 is 0 Å². The highest BCUT2D eigenvalue weighted by Gasteiger charge is 2.22. The lowest BCUT2D eigenvalue weighted by atomic mass is 10.0. The zero-order chi connectivity index (χ0) is 22.7. The Labute approximate surface area is 186 Å². The molecule has 8 nitrogen and oxygen atoms in total. The molecule has 32 heavy (non-hydrogen) atoms. The largest absolute Gasteiger partial charge is 0.497 e. The quantitative estimate of drug-likeness (QED) is 0.642. The number of hydrogen-bond acceptors (Lipinski definition) is 6. The van der Waals surface area contributed by atoms with Crippen molar-refractivity contribution in [3.63, 3.8) is 0 Å². The van der Waals surface area contributed by atoms with Crippen molar-refractivity contribution >= 4 is 17.5 Å². The van der Waals surface area contributed by atoms with Crippen molar-refractivity contribution in [3.8, 4) is 11.5 Å². The minimum Gasteiger partial charge on any atom is -0.497 e. The number of carbonyl (C=O) groups excluding carboxylic acids is 1. The summed E-state index contributed by atoms with van der Waals surface area (Å²) in [6, 6.07) is 14.8. The van der Waals surface area contributed by atoms with E-state index in [1.165, 1.54) is 28.9 Å². The Morgan fingerprint density at radius 2 is 1.88 bits per heavy atom. The summed E-state index contributed by atoms with van der Waals surface area (Å²) in [5, 5.41) is 2.82. The third-order valence-corrected chi connectivity index (χ3v) is 5.51. The van der Waals surface area contributed by atoms with Gasteiger partial charge in [0.2, 0.25) is 11.9 Å². The maximum absolute atomic E-state index is 12.9. The number of benzene rings is 2. The maximum atomic E-state index is 12.9. The van der Waals surface area contributed by atoms with Gasteiger partial charge in [-0.2, -0.15) is 0 Å². The second-order valence-corrected chi connectivity index (χ2v) is 7.68. The molecule has 0 atom stereocenters. The fraction of sp³-hybridized carbons (Fsp3) is 0.292. The zero-order valence-electron chi connectivity index (χ0n) is 18.4. The van der Waals surface area contributed by atoms with Gasteiger partial charge in [-0.05, 0) is 36.6 Å². The lowest BCUT2D eigenvalue weighted by Gasteiger charge is -2.31. The molecule has 2 heterocycles. The van der Waals surface area contributed by atoms with Crippen molar-refractivity contribution in [3.05, 3.63) is 75.7 Å². The molecule has 0 aliphatic carbocycles. The van der Waals surface area contributed by atoms with Crippen LogP contribution in [0.4, 0.5) is 11.6 Å². The molecule has 0 spiro atoms. The molecule has 1 aliphatic rings. The van der Waals surface area contributed by atoms with E-state index in [9.17, 15) is 9.59 Å². The Hall–Kier alpha value is -3.81. The van der Waals surface area contributed by atoms with Crippen LogP contribution in [0.2, 0.25) is 0 Å². The fourth-order valence-corrected chi connectivity index (χ4v) is 3.90. The number of anilines is 2. The Morgan fingerprint density at radius 3 is 2.62 bits per heavy atom. The molecule has 0 bridgehead atoms. The minimum absolute atomic E-state index is 0.158. The van der Waals surface area contributed by atoms with Gasteiger partial charge in [-0.3, -0.25) is 14.2 Å². The van der Waals surface area contributed by atoms with Gasteiger partial charge < -0.3 is 19.7 Å². The minimum atomic E-state index is -0.347. The number of nitrogens with one attached hydrogen (secondary N) is 1. The van der Waals surface area contributed by atoms with Crippen LogP contribution in [0, 0.1) is 6.92 Å². The van der Waals surface area contributed by atoms with Gasteiger partial charge in [-0.25, -0.2) is 4.98 Å². The smallest absolute Gasteiger partial charge is 0.255 e. The van der Waals surface area contributed by atoms with Crippen LogP contribution in [-0.2, 0) is 24.3 Å². The van der Waals surface area contributed by atoms with Crippen molar-refractivity contribution < 1.29 is 14.3 Å². The average molecular weight is 434 g/mol. The number of methoxy groups -OCH3 is 2. The highest BCUT2D eigenvalue weighted by atomic mass is 16.5. The maximum Gasteiger partial charge on any atom is 0.255 e. The molecule has 0 fully saturated rings. The van der Waals surface area contributed by atoms with E-state index in [4.69, 9.17) is 9.47 Å². The molecule has 1 N–H and O–H groups in total. The van der Waals surface area contributed by atoms with Crippen LogP contribution in [0.15, 0.2) is 53.3 Å². The van der Waals surface area contributed by atoms with Gasteiger partial charge in [-0.1, -0.05) is 24.3 Å². The average Bonchev–Trinajstić information content (AvgIpc) is 2.80. The third kappa shape index (κ3) is 4.44. The molecule has 0 saturated carbocycles. The first-order valence-corrected chi connectivity index (χ1v) is 10.4.